The maximum atomic E-state index is 6.03. The number of hydrogen-bond donors (Lipinski definition) is 1. The second kappa shape index (κ2) is 8.68. The van der Waals surface area contributed by atoms with E-state index in [0.29, 0.717) is 30.7 Å². The Hall–Kier alpha value is -1.69. The van der Waals surface area contributed by atoms with Crippen molar-refractivity contribution >= 4 is 23.1 Å². The fourth-order valence-electron chi connectivity index (χ4n) is 1.81. The highest BCUT2D eigenvalue weighted by molar-refractivity contribution is 6.32. The lowest BCUT2D eigenvalue weighted by Crippen LogP contribution is -2.09. The molecule has 22 heavy (non-hydrogen) atoms. The Labute approximate surface area is 135 Å². The Morgan fingerprint density at radius 2 is 2.14 bits per heavy atom. The van der Waals surface area contributed by atoms with Crippen molar-refractivity contribution < 1.29 is 9.47 Å². The molecule has 0 aliphatic heterocycles. The highest BCUT2D eigenvalue weighted by Gasteiger charge is 2.03. The molecule has 1 aromatic heterocycles. The summed E-state index contributed by atoms with van der Waals surface area (Å²) in [6.45, 7) is 5.73. The highest BCUT2D eigenvalue weighted by Crippen LogP contribution is 2.22. The number of nitrogens with zero attached hydrogens (tertiary/aromatic N) is 2. The van der Waals surface area contributed by atoms with E-state index in [4.69, 9.17) is 21.1 Å². The quantitative estimate of drug-likeness (QED) is 0.749. The summed E-state index contributed by atoms with van der Waals surface area (Å²) in [5, 5.41) is 3.65. The number of hydrogen-bond acceptors (Lipinski definition) is 5. The predicted octanol–water partition coefficient (Wildman–Crippen LogP) is 3.82. The molecule has 0 saturated heterocycles. The molecule has 0 bridgehead atoms. The summed E-state index contributed by atoms with van der Waals surface area (Å²) >= 11 is 6.03. The van der Waals surface area contributed by atoms with Crippen molar-refractivity contribution in [3.05, 3.63) is 47.4 Å². The summed E-state index contributed by atoms with van der Waals surface area (Å²) < 4.78 is 11.0. The van der Waals surface area contributed by atoms with Crippen molar-refractivity contribution in [2.45, 2.75) is 26.6 Å². The molecule has 2 aromatic rings. The van der Waals surface area contributed by atoms with E-state index in [2.05, 4.69) is 15.3 Å². The molecule has 1 N–H and O–H groups in total. The van der Waals surface area contributed by atoms with Gasteiger partial charge in [0.1, 0.15) is 11.3 Å². The molecule has 0 atom stereocenters. The average molecular weight is 322 g/mol. The van der Waals surface area contributed by atoms with Gasteiger partial charge in [0, 0.05) is 5.69 Å². The van der Waals surface area contributed by atoms with Crippen molar-refractivity contribution in [3.63, 3.8) is 0 Å². The van der Waals surface area contributed by atoms with Gasteiger partial charge < -0.3 is 14.8 Å². The second-order valence-electron chi connectivity index (χ2n) is 5.02. The molecule has 0 fully saturated rings. The van der Waals surface area contributed by atoms with E-state index in [1.807, 2.05) is 38.1 Å². The summed E-state index contributed by atoms with van der Waals surface area (Å²) in [5.74, 6) is 0.583. The van der Waals surface area contributed by atoms with Gasteiger partial charge in [0.15, 0.2) is 5.82 Å². The molecule has 5 nitrogen and oxygen atoms in total. The van der Waals surface area contributed by atoms with E-state index in [-0.39, 0.29) is 6.10 Å². The highest BCUT2D eigenvalue weighted by atomic mass is 35.5. The van der Waals surface area contributed by atoms with E-state index in [9.17, 15) is 0 Å². The Morgan fingerprint density at radius 1 is 1.27 bits per heavy atom. The maximum absolute atomic E-state index is 6.03. The molecule has 2 rings (SSSR count). The third kappa shape index (κ3) is 5.60. The average Bonchev–Trinajstić information content (AvgIpc) is 2.49. The van der Waals surface area contributed by atoms with Gasteiger partial charge in [-0.1, -0.05) is 23.7 Å². The predicted molar refractivity (Wildman–Crippen MR) is 87.5 cm³/mol. The molecule has 118 valence electrons. The van der Waals surface area contributed by atoms with Crippen molar-refractivity contribution in [2.24, 2.45) is 0 Å². The van der Waals surface area contributed by atoms with E-state index in [1.165, 1.54) is 6.33 Å². The zero-order valence-electron chi connectivity index (χ0n) is 12.8. The lowest BCUT2D eigenvalue weighted by Gasteiger charge is -2.10. The summed E-state index contributed by atoms with van der Waals surface area (Å²) in [6.07, 6.45) is 3.24. The van der Waals surface area contributed by atoms with Crippen molar-refractivity contribution in [3.8, 4) is 0 Å². The van der Waals surface area contributed by atoms with Crippen LogP contribution in [-0.4, -0.2) is 29.3 Å². The first-order valence-electron chi connectivity index (χ1n) is 7.16. The molecular weight excluding hydrogens is 302 g/mol. The van der Waals surface area contributed by atoms with E-state index in [0.717, 1.165) is 11.3 Å². The van der Waals surface area contributed by atoms with Crippen LogP contribution in [0.5, 0.6) is 0 Å². The monoisotopic (exact) mass is 321 g/mol. The molecule has 1 heterocycles. The summed E-state index contributed by atoms with van der Waals surface area (Å²) in [4.78, 5) is 7.96. The van der Waals surface area contributed by atoms with Crippen molar-refractivity contribution in [2.75, 3.05) is 18.5 Å². The third-order valence-electron chi connectivity index (χ3n) is 2.80. The van der Waals surface area contributed by atoms with Gasteiger partial charge >= 0.3 is 0 Å². The van der Waals surface area contributed by atoms with E-state index < -0.39 is 0 Å². The molecule has 0 unspecified atom stereocenters. The largest absolute Gasteiger partial charge is 0.376 e. The molecule has 0 aliphatic carbocycles. The topological polar surface area (TPSA) is 56.3 Å². The number of rotatable bonds is 8. The lowest BCUT2D eigenvalue weighted by atomic mass is 10.2. The van der Waals surface area contributed by atoms with Gasteiger partial charge in [-0.25, -0.2) is 9.97 Å². The van der Waals surface area contributed by atoms with Gasteiger partial charge in [-0.05, 0) is 31.5 Å². The minimum atomic E-state index is 0.230. The third-order valence-corrected chi connectivity index (χ3v) is 3.08. The van der Waals surface area contributed by atoms with Crippen LogP contribution >= 0.6 is 11.6 Å². The molecule has 0 aliphatic rings. The fourth-order valence-corrected chi connectivity index (χ4v) is 1.97. The van der Waals surface area contributed by atoms with Crippen LogP contribution in [0.25, 0.3) is 0 Å². The summed E-state index contributed by atoms with van der Waals surface area (Å²) in [6, 6.07) is 7.92. The molecule has 0 amide bonds. The SMILES string of the molecule is CC(C)OCCOCc1cccc(Nc2ncncc2Cl)c1. The Balaban J connectivity index is 1.86. The molecule has 1 aromatic carbocycles. The second-order valence-corrected chi connectivity index (χ2v) is 5.42. The molecular formula is C16H20ClN3O2. The van der Waals surface area contributed by atoms with Gasteiger partial charge in [-0.2, -0.15) is 0 Å². The van der Waals surface area contributed by atoms with Crippen molar-refractivity contribution in [1.82, 2.24) is 9.97 Å². The summed E-state index contributed by atoms with van der Waals surface area (Å²) in [5.41, 5.74) is 1.97. The first kappa shape index (κ1) is 16.7. The number of nitrogens with one attached hydrogen (secondary N) is 1. The fraction of sp³-hybridized carbons (Fsp3) is 0.375. The Morgan fingerprint density at radius 3 is 2.91 bits per heavy atom. The van der Waals surface area contributed by atoms with Gasteiger partial charge in [-0.15, -0.1) is 0 Å². The van der Waals surface area contributed by atoms with Gasteiger partial charge in [0.2, 0.25) is 0 Å². The number of benzene rings is 1. The van der Waals surface area contributed by atoms with Crippen LogP contribution in [0.4, 0.5) is 11.5 Å². The molecule has 0 radical (unpaired) electrons. The molecule has 0 spiro atoms. The summed E-state index contributed by atoms with van der Waals surface area (Å²) in [7, 11) is 0. The minimum Gasteiger partial charge on any atom is -0.376 e. The van der Waals surface area contributed by atoms with Gasteiger partial charge in [0.25, 0.3) is 0 Å². The smallest absolute Gasteiger partial charge is 0.152 e. The standard InChI is InChI=1S/C16H20ClN3O2/c1-12(2)22-7-6-21-10-13-4-3-5-14(8-13)20-16-15(17)9-18-11-19-16/h3-5,8-9,11-12H,6-7,10H2,1-2H3,(H,18,19,20). The Bertz CT molecular complexity index is 593. The van der Waals surface area contributed by atoms with Crippen LogP contribution in [0, 0.1) is 0 Å². The van der Waals surface area contributed by atoms with Crippen molar-refractivity contribution in [1.29, 1.82) is 0 Å². The van der Waals surface area contributed by atoms with Crippen LogP contribution in [0.1, 0.15) is 19.4 Å². The van der Waals surface area contributed by atoms with Crippen LogP contribution < -0.4 is 5.32 Å². The number of halogens is 1. The number of anilines is 2. The normalized spacial score (nSPS) is 10.9. The zero-order valence-corrected chi connectivity index (χ0v) is 13.5. The zero-order chi connectivity index (χ0) is 15.8. The van der Waals surface area contributed by atoms with Crippen LogP contribution in [0.2, 0.25) is 5.02 Å². The van der Waals surface area contributed by atoms with Gasteiger partial charge in [-0.3, -0.25) is 0 Å². The Kier molecular flexibility index (Phi) is 6.58. The number of ether oxygens (including phenoxy) is 2. The van der Waals surface area contributed by atoms with Crippen LogP contribution in [-0.2, 0) is 16.1 Å². The van der Waals surface area contributed by atoms with E-state index in [1.54, 1.807) is 6.20 Å². The lowest BCUT2D eigenvalue weighted by molar-refractivity contribution is 0.0143. The first-order valence-corrected chi connectivity index (χ1v) is 7.54. The number of aromatic nitrogens is 2. The van der Waals surface area contributed by atoms with Gasteiger partial charge in [0.05, 0.1) is 32.1 Å². The maximum Gasteiger partial charge on any atom is 0.152 e. The van der Waals surface area contributed by atoms with Crippen LogP contribution in [0.15, 0.2) is 36.8 Å². The molecule has 0 saturated carbocycles. The van der Waals surface area contributed by atoms with Crippen LogP contribution in [0.3, 0.4) is 0 Å². The minimum absolute atomic E-state index is 0.230. The van der Waals surface area contributed by atoms with E-state index >= 15 is 0 Å². The first-order chi connectivity index (χ1) is 10.6. The molecule has 6 heteroatoms.